The predicted octanol–water partition coefficient (Wildman–Crippen LogP) is 3.12. The lowest BCUT2D eigenvalue weighted by Crippen LogP contribution is -2.16. The minimum Gasteiger partial charge on any atom is -0.491 e. The van der Waals surface area contributed by atoms with Gasteiger partial charge in [0.2, 0.25) is 0 Å². The zero-order valence-electron chi connectivity index (χ0n) is 10.1. The smallest absolute Gasteiger partial charge is 0.167 e. The Kier molecular flexibility index (Phi) is 6.55. The van der Waals surface area contributed by atoms with Gasteiger partial charge in [-0.3, -0.25) is 0 Å². The van der Waals surface area contributed by atoms with Gasteiger partial charge in [0.05, 0.1) is 6.61 Å². The van der Waals surface area contributed by atoms with Gasteiger partial charge >= 0.3 is 0 Å². The molecule has 0 bridgehead atoms. The number of hydrogen-bond donors (Lipinski definition) is 1. The van der Waals surface area contributed by atoms with Gasteiger partial charge in [0.1, 0.15) is 5.82 Å². The monoisotopic (exact) mass is 243 g/mol. The molecule has 0 aromatic heterocycles. The van der Waals surface area contributed by atoms with Crippen molar-refractivity contribution in [3.63, 3.8) is 0 Å². The van der Waals surface area contributed by atoms with Crippen molar-refractivity contribution in [1.82, 2.24) is 5.32 Å². The van der Waals surface area contributed by atoms with Crippen molar-refractivity contribution in [2.24, 2.45) is 0 Å². The molecule has 2 nitrogen and oxygen atoms in total. The molecule has 1 aromatic rings. The third-order valence-electron chi connectivity index (χ3n) is 2.33. The molecule has 0 amide bonds. The highest BCUT2D eigenvalue weighted by Crippen LogP contribution is 2.17. The van der Waals surface area contributed by atoms with E-state index in [4.69, 9.17) is 4.74 Å². The summed E-state index contributed by atoms with van der Waals surface area (Å²) in [7, 11) is 0. The van der Waals surface area contributed by atoms with Crippen LogP contribution in [-0.2, 0) is 0 Å². The number of nitrogens with one attached hydrogen (secondary N) is 1. The lowest BCUT2D eigenvalue weighted by Gasteiger charge is -2.07. The average Bonchev–Trinajstić information content (AvgIpc) is 2.30. The van der Waals surface area contributed by atoms with Gasteiger partial charge in [-0.1, -0.05) is 6.92 Å². The number of hydrogen-bond acceptors (Lipinski definition) is 2. The van der Waals surface area contributed by atoms with E-state index in [0.717, 1.165) is 38.4 Å². The fraction of sp³-hybridized carbons (Fsp3) is 0.538. The molecule has 1 rings (SSSR count). The van der Waals surface area contributed by atoms with Crippen molar-refractivity contribution in [3.05, 3.63) is 29.8 Å². The first-order valence-electron chi connectivity index (χ1n) is 6.02. The second kappa shape index (κ2) is 8.01. The molecule has 0 heterocycles. The van der Waals surface area contributed by atoms with Crippen LogP contribution in [-0.4, -0.2) is 19.7 Å². The van der Waals surface area contributed by atoms with E-state index in [9.17, 15) is 8.78 Å². The first-order valence-corrected chi connectivity index (χ1v) is 6.02. The normalized spacial score (nSPS) is 10.5. The lowest BCUT2D eigenvalue weighted by atomic mass is 10.3. The van der Waals surface area contributed by atoms with Gasteiger partial charge in [-0.2, -0.15) is 0 Å². The Morgan fingerprint density at radius 3 is 2.71 bits per heavy atom. The van der Waals surface area contributed by atoms with Crippen LogP contribution < -0.4 is 10.1 Å². The highest BCUT2D eigenvalue weighted by Gasteiger charge is 2.03. The predicted molar refractivity (Wildman–Crippen MR) is 64.2 cm³/mol. The third kappa shape index (κ3) is 5.63. The Morgan fingerprint density at radius 2 is 2.00 bits per heavy atom. The maximum absolute atomic E-state index is 13.1. The molecule has 0 fully saturated rings. The van der Waals surface area contributed by atoms with Crippen LogP contribution in [0.2, 0.25) is 0 Å². The summed E-state index contributed by atoms with van der Waals surface area (Å²) in [4.78, 5) is 0. The maximum Gasteiger partial charge on any atom is 0.167 e. The first-order chi connectivity index (χ1) is 8.24. The fourth-order valence-corrected chi connectivity index (χ4v) is 1.43. The Morgan fingerprint density at radius 1 is 1.18 bits per heavy atom. The standard InChI is InChI=1S/C13H19F2NO/c1-2-7-16-8-3-4-9-17-13-6-5-11(14)10-12(13)15/h5-6,10,16H,2-4,7-9H2,1H3. The Labute approximate surface area is 101 Å². The van der Waals surface area contributed by atoms with Crippen LogP contribution >= 0.6 is 0 Å². The van der Waals surface area contributed by atoms with Crippen molar-refractivity contribution in [3.8, 4) is 5.75 Å². The maximum atomic E-state index is 13.1. The van der Waals surface area contributed by atoms with E-state index in [-0.39, 0.29) is 5.75 Å². The molecule has 0 aliphatic rings. The zero-order chi connectivity index (χ0) is 12.5. The van der Waals surface area contributed by atoms with Gasteiger partial charge in [0, 0.05) is 6.07 Å². The largest absolute Gasteiger partial charge is 0.491 e. The van der Waals surface area contributed by atoms with Gasteiger partial charge < -0.3 is 10.1 Å². The Balaban J connectivity index is 2.14. The molecule has 0 saturated heterocycles. The molecule has 0 aliphatic carbocycles. The average molecular weight is 243 g/mol. The van der Waals surface area contributed by atoms with E-state index in [1.165, 1.54) is 12.1 Å². The number of rotatable bonds is 8. The van der Waals surface area contributed by atoms with Gasteiger partial charge in [0.15, 0.2) is 11.6 Å². The quantitative estimate of drug-likeness (QED) is 0.708. The number of unbranched alkanes of at least 4 members (excludes halogenated alkanes) is 1. The van der Waals surface area contributed by atoms with Crippen LogP contribution in [0.1, 0.15) is 26.2 Å². The molecular weight excluding hydrogens is 224 g/mol. The Hall–Kier alpha value is -1.16. The minimum atomic E-state index is -0.644. The molecule has 4 heteroatoms. The molecule has 0 radical (unpaired) electrons. The summed E-state index contributed by atoms with van der Waals surface area (Å²) in [6.45, 7) is 4.54. The molecule has 0 saturated carbocycles. The van der Waals surface area contributed by atoms with Crippen LogP contribution in [0.25, 0.3) is 0 Å². The summed E-state index contributed by atoms with van der Waals surface area (Å²) in [6, 6.07) is 3.35. The van der Waals surface area contributed by atoms with E-state index in [1.807, 2.05) is 0 Å². The van der Waals surface area contributed by atoms with Crippen molar-refractivity contribution >= 4 is 0 Å². The second-order valence-electron chi connectivity index (χ2n) is 3.88. The van der Waals surface area contributed by atoms with Gasteiger partial charge in [-0.25, -0.2) is 8.78 Å². The van der Waals surface area contributed by atoms with Crippen LogP contribution in [0.4, 0.5) is 8.78 Å². The zero-order valence-corrected chi connectivity index (χ0v) is 10.1. The summed E-state index contributed by atoms with van der Waals surface area (Å²) in [5.74, 6) is -1.11. The van der Waals surface area contributed by atoms with Crippen molar-refractivity contribution < 1.29 is 13.5 Å². The van der Waals surface area contributed by atoms with Crippen LogP contribution in [0.15, 0.2) is 18.2 Å². The van der Waals surface area contributed by atoms with Crippen molar-refractivity contribution in [2.45, 2.75) is 26.2 Å². The van der Waals surface area contributed by atoms with Crippen molar-refractivity contribution in [2.75, 3.05) is 19.7 Å². The summed E-state index contributed by atoms with van der Waals surface area (Å²) < 4.78 is 31.0. The van der Waals surface area contributed by atoms with Crippen LogP contribution in [0.3, 0.4) is 0 Å². The highest BCUT2D eigenvalue weighted by molar-refractivity contribution is 5.24. The number of ether oxygens (including phenoxy) is 1. The molecule has 96 valence electrons. The molecule has 17 heavy (non-hydrogen) atoms. The highest BCUT2D eigenvalue weighted by atomic mass is 19.1. The minimum absolute atomic E-state index is 0.118. The topological polar surface area (TPSA) is 21.3 Å². The first kappa shape index (κ1) is 13.9. The van der Waals surface area contributed by atoms with E-state index < -0.39 is 11.6 Å². The van der Waals surface area contributed by atoms with E-state index in [1.54, 1.807) is 0 Å². The summed E-state index contributed by atoms with van der Waals surface area (Å²) in [6.07, 6.45) is 2.97. The summed E-state index contributed by atoms with van der Waals surface area (Å²) in [5.41, 5.74) is 0. The van der Waals surface area contributed by atoms with E-state index in [2.05, 4.69) is 12.2 Å². The fourth-order valence-electron chi connectivity index (χ4n) is 1.43. The van der Waals surface area contributed by atoms with Gasteiger partial charge in [-0.15, -0.1) is 0 Å². The molecular formula is C13H19F2NO. The summed E-state index contributed by atoms with van der Waals surface area (Å²) >= 11 is 0. The SMILES string of the molecule is CCCNCCCCOc1ccc(F)cc1F. The third-order valence-corrected chi connectivity index (χ3v) is 2.33. The second-order valence-corrected chi connectivity index (χ2v) is 3.88. The number of halogens is 2. The molecule has 0 aliphatic heterocycles. The molecule has 1 N–H and O–H groups in total. The number of benzene rings is 1. The summed E-state index contributed by atoms with van der Waals surface area (Å²) in [5, 5.41) is 3.27. The van der Waals surface area contributed by atoms with Gasteiger partial charge in [0.25, 0.3) is 0 Å². The van der Waals surface area contributed by atoms with Gasteiger partial charge in [-0.05, 0) is 44.5 Å². The molecule has 0 atom stereocenters. The van der Waals surface area contributed by atoms with E-state index >= 15 is 0 Å². The molecule has 0 unspecified atom stereocenters. The van der Waals surface area contributed by atoms with E-state index in [0.29, 0.717) is 6.61 Å². The van der Waals surface area contributed by atoms with Crippen LogP contribution in [0.5, 0.6) is 5.75 Å². The van der Waals surface area contributed by atoms with Crippen LogP contribution in [0, 0.1) is 11.6 Å². The molecule has 0 spiro atoms. The van der Waals surface area contributed by atoms with Crippen molar-refractivity contribution in [1.29, 1.82) is 0 Å². The Bertz CT molecular complexity index is 331. The lowest BCUT2D eigenvalue weighted by molar-refractivity contribution is 0.290. The molecule has 1 aromatic carbocycles.